The van der Waals surface area contributed by atoms with Gasteiger partial charge in [0.1, 0.15) is 5.75 Å². The van der Waals surface area contributed by atoms with Crippen molar-refractivity contribution in [2.45, 2.75) is 32.8 Å². The van der Waals surface area contributed by atoms with E-state index >= 15 is 0 Å². The van der Waals surface area contributed by atoms with E-state index in [1.54, 1.807) is 13.0 Å². The maximum atomic E-state index is 12.4. The lowest BCUT2D eigenvalue weighted by Crippen LogP contribution is -2.31. The topological polar surface area (TPSA) is 21.3 Å². The van der Waals surface area contributed by atoms with Crippen LogP contribution in [0, 0.1) is 12.8 Å². The zero-order chi connectivity index (χ0) is 13.0. The van der Waals surface area contributed by atoms with Crippen molar-refractivity contribution in [2.75, 3.05) is 13.1 Å². The Morgan fingerprint density at radius 1 is 1.44 bits per heavy atom. The fourth-order valence-corrected chi connectivity index (χ4v) is 2.54. The third-order valence-corrected chi connectivity index (χ3v) is 3.41. The molecule has 4 heteroatoms. The highest BCUT2D eigenvalue weighted by Gasteiger charge is 2.18. The van der Waals surface area contributed by atoms with E-state index in [9.17, 15) is 8.78 Å². The molecule has 1 aliphatic rings. The van der Waals surface area contributed by atoms with Gasteiger partial charge in [-0.2, -0.15) is 8.78 Å². The van der Waals surface area contributed by atoms with Crippen molar-refractivity contribution in [2.24, 2.45) is 5.92 Å². The molecular weight excluding hydrogens is 236 g/mol. The molecule has 1 fully saturated rings. The van der Waals surface area contributed by atoms with Crippen molar-refractivity contribution in [1.82, 2.24) is 5.32 Å². The molecule has 0 saturated carbocycles. The molecular formula is C14H19F2NO. The maximum Gasteiger partial charge on any atom is 0.387 e. The van der Waals surface area contributed by atoms with E-state index in [1.165, 1.54) is 0 Å². The number of halogens is 2. The molecule has 0 bridgehead atoms. The first-order valence-corrected chi connectivity index (χ1v) is 6.41. The Morgan fingerprint density at radius 2 is 2.28 bits per heavy atom. The normalized spacial score (nSPS) is 20.1. The van der Waals surface area contributed by atoms with Gasteiger partial charge in [0, 0.05) is 0 Å². The fraction of sp³-hybridized carbons (Fsp3) is 0.571. The van der Waals surface area contributed by atoms with Gasteiger partial charge in [-0.25, -0.2) is 0 Å². The molecule has 1 atom stereocenters. The van der Waals surface area contributed by atoms with Crippen molar-refractivity contribution >= 4 is 0 Å². The summed E-state index contributed by atoms with van der Waals surface area (Å²) in [5.41, 5.74) is 1.67. The van der Waals surface area contributed by atoms with Gasteiger partial charge in [-0.05, 0) is 56.3 Å². The number of nitrogens with one attached hydrogen (secondary N) is 1. The number of piperidine rings is 1. The number of aryl methyl sites for hydroxylation is 1. The predicted molar refractivity (Wildman–Crippen MR) is 67.1 cm³/mol. The van der Waals surface area contributed by atoms with E-state index in [4.69, 9.17) is 0 Å². The maximum absolute atomic E-state index is 12.4. The Kier molecular flexibility index (Phi) is 4.53. The smallest absolute Gasteiger partial charge is 0.387 e. The number of hydrogen-bond acceptors (Lipinski definition) is 2. The lowest BCUT2D eigenvalue weighted by atomic mass is 9.91. The largest absolute Gasteiger partial charge is 0.434 e. The Bertz CT molecular complexity index is 389. The van der Waals surface area contributed by atoms with Gasteiger partial charge in [0.05, 0.1) is 0 Å². The van der Waals surface area contributed by atoms with Crippen molar-refractivity contribution < 1.29 is 13.5 Å². The number of hydrogen-bond donors (Lipinski definition) is 1. The highest BCUT2D eigenvalue weighted by atomic mass is 19.3. The summed E-state index contributed by atoms with van der Waals surface area (Å²) < 4.78 is 29.5. The second kappa shape index (κ2) is 6.14. The molecule has 0 aliphatic carbocycles. The van der Waals surface area contributed by atoms with Crippen LogP contribution in [-0.4, -0.2) is 19.7 Å². The van der Waals surface area contributed by atoms with Crippen LogP contribution in [-0.2, 0) is 6.42 Å². The third kappa shape index (κ3) is 3.42. The summed E-state index contributed by atoms with van der Waals surface area (Å²) in [7, 11) is 0. The number of ether oxygens (including phenoxy) is 1. The minimum absolute atomic E-state index is 0.359. The van der Waals surface area contributed by atoms with Crippen LogP contribution in [0.2, 0.25) is 0 Å². The second-order valence-corrected chi connectivity index (χ2v) is 4.86. The number of alkyl halides is 2. The van der Waals surface area contributed by atoms with Crippen LogP contribution in [0.4, 0.5) is 8.78 Å². The van der Waals surface area contributed by atoms with Crippen LogP contribution in [0.3, 0.4) is 0 Å². The SMILES string of the molecule is Cc1cccc(CC2CCCNC2)c1OC(F)F. The average molecular weight is 255 g/mol. The molecule has 1 N–H and O–H groups in total. The fourth-order valence-electron chi connectivity index (χ4n) is 2.54. The molecule has 1 aliphatic heterocycles. The highest BCUT2D eigenvalue weighted by molar-refractivity contribution is 5.41. The van der Waals surface area contributed by atoms with Gasteiger partial charge in [-0.15, -0.1) is 0 Å². The lowest BCUT2D eigenvalue weighted by molar-refractivity contribution is -0.0510. The van der Waals surface area contributed by atoms with E-state index in [2.05, 4.69) is 10.1 Å². The van der Waals surface area contributed by atoms with Gasteiger partial charge in [-0.3, -0.25) is 0 Å². The first-order valence-electron chi connectivity index (χ1n) is 6.41. The van der Waals surface area contributed by atoms with Crippen LogP contribution >= 0.6 is 0 Å². The summed E-state index contributed by atoms with van der Waals surface area (Å²) in [4.78, 5) is 0. The monoisotopic (exact) mass is 255 g/mol. The molecule has 0 amide bonds. The molecule has 2 rings (SSSR count). The molecule has 1 saturated heterocycles. The number of para-hydroxylation sites is 1. The Balaban J connectivity index is 2.12. The zero-order valence-corrected chi connectivity index (χ0v) is 10.6. The summed E-state index contributed by atoms with van der Waals surface area (Å²) in [6, 6.07) is 5.60. The number of rotatable bonds is 4. The molecule has 0 spiro atoms. The van der Waals surface area contributed by atoms with Gasteiger partial charge in [0.25, 0.3) is 0 Å². The number of benzene rings is 1. The van der Waals surface area contributed by atoms with Crippen LogP contribution in [0.25, 0.3) is 0 Å². The van der Waals surface area contributed by atoms with Gasteiger partial charge in [0.15, 0.2) is 0 Å². The summed E-state index contributed by atoms with van der Waals surface area (Å²) in [6.07, 6.45) is 3.10. The molecule has 1 aromatic rings. The summed E-state index contributed by atoms with van der Waals surface area (Å²) in [6.45, 7) is 1.07. The van der Waals surface area contributed by atoms with Crippen molar-refractivity contribution in [1.29, 1.82) is 0 Å². The molecule has 18 heavy (non-hydrogen) atoms. The predicted octanol–water partition coefficient (Wildman–Crippen LogP) is 3.14. The third-order valence-electron chi connectivity index (χ3n) is 3.41. The van der Waals surface area contributed by atoms with Crippen molar-refractivity contribution in [3.8, 4) is 5.75 Å². The molecule has 0 aromatic heterocycles. The molecule has 1 aromatic carbocycles. The molecule has 1 heterocycles. The lowest BCUT2D eigenvalue weighted by Gasteiger charge is -2.24. The summed E-state index contributed by atoms with van der Waals surface area (Å²) >= 11 is 0. The van der Waals surface area contributed by atoms with Gasteiger partial charge < -0.3 is 10.1 Å². The molecule has 0 radical (unpaired) electrons. The van der Waals surface area contributed by atoms with E-state index in [-0.39, 0.29) is 0 Å². The van der Waals surface area contributed by atoms with E-state index in [1.807, 2.05) is 12.1 Å². The van der Waals surface area contributed by atoms with E-state index in [0.717, 1.165) is 43.5 Å². The van der Waals surface area contributed by atoms with Crippen LogP contribution in [0.15, 0.2) is 18.2 Å². The first-order chi connectivity index (χ1) is 8.66. The van der Waals surface area contributed by atoms with Crippen molar-refractivity contribution in [3.63, 3.8) is 0 Å². The molecule has 2 nitrogen and oxygen atoms in total. The van der Waals surface area contributed by atoms with Crippen LogP contribution in [0.1, 0.15) is 24.0 Å². The van der Waals surface area contributed by atoms with Gasteiger partial charge >= 0.3 is 6.61 Å². The minimum atomic E-state index is -2.76. The minimum Gasteiger partial charge on any atom is -0.434 e. The van der Waals surface area contributed by atoms with Crippen molar-refractivity contribution in [3.05, 3.63) is 29.3 Å². The highest BCUT2D eigenvalue weighted by Crippen LogP contribution is 2.28. The zero-order valence-electron chi connectivity index (χ0n) is 10.6. The van der Waals surface area contributed by atoms with Gasteiger partial charge in [-0.1, -0.05) is 18.2 Å². The summed E-state index contributed by atoms with van der Waals surface area (Å²) in [5.74, 6) is 0.874. The first kappa shape index (κ1) is 13.3. The summed E-state index contributed by atoms with van der Waals surface area (Å²) in [5, 5.41) is 3.34. The molecule has 1 unspecified atom stereocenters. The Hall–Kier alpha value is -1.16. The molecule has 100 valence electrons. The standard InChI is InChI=1S/C14H19F2NO/c1-10-4-2-6-12(13(10)18-14(15)16)8-11-5-3-7-17-9-11/h2,4,6,11,14,17H,3,5,7-9H2,1H3. The van der Waals surface area contributed by atoms with E-state index in [0.29, 0.717) is 11.7 Å². The Labute approximate surface area is 106 Å². The van der Waals surface area contributed by atoms with Gasteiger partial charge in [0.2, 0.25) is 0 Å². The van der Waals surface area contributed by atoms with E-state index < -0.39 is 6.61 Å². The van der Waals surface area contributed by atoms with Crippen LogP contribution in [0.5, 0.6) is 5.75 Å². The Morgan fingerprint density at radius 3 is 2.94 bits per heavy atom. The van der Waals surface area contributed by atoms with Crippen LogP contribution < -0.4 is 10.1 Å². The second-order valence-electron chi connectivity index (χ2n) is 4.86. The quantitative estimate of drug-likeness (QED) is 0.892. The average Bonchev–Trinajstić information content (AvgIpc) is 2.34.